The molecular weight excluding hydrogens is 473 g/mol. The zero-order valence-corrected chi connectivity index (χ0v) is 19.9. The van der Waals surface area contributed by atoms with Gasteiger partial charge in [0.2, 0.25) is 5.28 Å². The third-order valence-electron chi connectivity index (χ3n) is 6.00. The summed E-state index contributed by atoms with van der Waals surface area (Å²) in [4.78, 5) is 26.8. The molecule has 0 radical (unpaired) electrons. The first-order chi connectivity index (χ1) is 15.9. The molecule has 3 heterocycles. The Morgan fingerprint density at radius 1 is 1.24 bits per heavy atom. The molecule has 3 aromatic rings. The van der Waals surface area contributed by atoms with E-state index in [0.717, 1.165) is 25.7 Å². The van der Waals surface area contributed by atoms with Crippen molar-refractivity contribution in [1.29, 1.82) is 0 Å². The monoisotopic (exact) mass is 497 g/mol. The smallest absolute Gasteiger partial charge is 0.317 e. The Labute approximate surface area is 200 Å². The molecule has 0 spiro atoms. The summed E-state index contributed by atoms with van der Waals surface area (Å²) in [6.45, 7) is 2.60. The lowest BCUT2D eigenvalue weighted by molar-refractivity contribution is -0.386. The van der Waals surface area contributed by atoms with Crippen molar-refractivity contribution in [2.75, 3.05) is 13.7 Å². The molecule has 1 aliphatic carbocycles. The van der Waals surface area contributed by atoms with Gasteiger partial charge in [0.25, 0.3) is 0 Å². The molecule has 13 heteroatoms. The van der Waals surface area contributed by atoms with E-state index >= 15 is 0 Å². The molecule has 0 aromatic carbocycles. The molecule has 4 rings (SSSR count). The summed E-state index contributed by atoms with van der Waals surface area (Å²) in [6.07, 6.45) is 6.06. The molecule has 178 valence electrons. The van der Waals surface area contributed by atoms with E-state index in [4.69, 9.17) is 32.8 Å². The lowest BCUT2D eigenvalue weighted by Gasteiger charge is -2.25. The predicted octanol–water partition coefficient (Wildman–Crippen LogP) is 3.99. The number of halogens is 2. The van der Waals surface area contributed by atoms with Gasteiger partial charge in [0.05, 0.1) is 16.4 Å². The fourth-order valence-electron chi connectivity index (χ4n) is 4.32. The number of methoxy groups -OCH3 is 1. The van der Waals surface area contributed by atoms with Crippen molar-refractivity contribution in [1.82, 2.24) is 29.7 Å². The Hall–Kier alpha value is -2.50. The number of nitro groups is 1. The Morgan fingerprint density at radius 3 is 2.67 bits per heavy atom. The Kier molecular flexibility index (Phi) is 7.30. The van der Waals surface area contributed by atoms with Crippen LogP contribution in [-0.2, 0) is 17.7 Å². The molecule has 1 aliphatic rings. The van der Waals surface area contributed by atoms with E-state index in [2.05, 4.69) is 20.2 Å². The molecule has 0 atom stereocenters. The SMILES string of the molecule is CCc1c([N+](=O)[O-])c(C2CCC(OC)CC2)nn1OCCCn1nc(Cl)c2cnc(Cl)nc21. The number of hydrogen-bond acceptors (Lipinski definition) is 8. The summed E-state index contributed by atoms with van der Waals surface area (Å²) >= 11 is 12.0. The van der Waals surface area contributed by atoms with Gasteiger partial charge in [-0.1, -0.05) is 23.4 Å². The van der Waals surface area contributed by atoms with Crippen molar-refractivity contribution in [3.63, 3.8) is 0 Å². The maximum Gasteiger partial charge on any atom is 0.317 e. The fourth-order valence-corrected chi connectivity index (χ4v) is 4.68. The fraction of sp³-hybridized carbons (Fsp3) is 0.600. The Balaban J connectivity index is 1.46. The quantitative estimate of drug-likeness (QED) is 0.188. The standard InChI is InChI=1S/C20H25Cl2N7O4/c1-3-15-17(29(30)31)16(12-5-7-13(32-2)8-6-12)25-28(15)33-10-4-9-27-19-14(18(21)26-27)11-23-20(22)24-19/h11-13H,3-10H2,1-2H3. The molecule has 0 aliphatic heterocycles. The van der Waals surface area contributed by atoms with E-state index in [0.29, 0.717) is 47.0 Å². The second-order valence-electron chi connectivity index (χ2n) is 7.95. The second kappa shape index (κ2) is 10.2. The van der Waals surface area contributed by atoms with Crippen LogP contribution in [-0.4, -0.2) is 54.4 Å². The highest BCUT2D eigenvalue weighted by Gasteiger charge is 2.34. The van der Waals surface area contributed by atoms with Crippen LogP contribution in [0.1, 0.15) is 56.3 Å². The van der Waals surface area contributed by atoms with Crippen LogP contribution in [0, 0.1) is 10.1 Å². The van der Waals surface area contributed by atoms with Gasteiger partial charge in [0.15, 0.2) is 16.5 Å². The number of nitrogens with zero attached hydrogens (tertiary/aromatic N) is 7. The van der Waals surface area contributed by atoms with Crippen LogP contribution in [0.3, 0.4) is 0 Å². The molecule has 1 fully saturated rings. The molecule has 33 heavy (non-hydrogen) atoms. The van der Waals surface area contributed by atoms with Crippen molar-refractivity contribution >= 4 is 39.9 Å². The van der Waals surface area contributed by atoms with Gasteiger partial charge in [-0.3, -0.25) is 10.1 Å². The van der Waals surface area contributed by atoms with E-state index < -0.39 is 0 Å². The minimum atomic E-state index is -0.343. The molecule has 3 aromatic heterocycles. The number of fused-ring (bicyclic) bond motifs is 1. The highest BCUT2D eigenvalue weighted by Crippen LogP contribution is 2.39. The van der Waals surface area contributed by atoms with Crippen LogP contribution in [0.2, 0.25) is 10.4 Å². The van der Waals surface area contributed by atoms with E-state index in [1.165, 1.54) is 11.0 Å². The average Bonchev–Trinajstić information content (AvgIpc) is 3.34. The lowest BCUT2D eigenvalue weighted by Crippen LogP contribution is -2.21. The predicted molar refractivity (Wildman–Crippen MR) is 122 cm³/mol. The van der Waals surface area contributed by atoms with Crippen molar-refractivity contribution in [3.8, 4) is 0 Å². The molecular formula is C20H25Cl2N7O4. The van der Waals surface area contributed by atoms with E-state index in [1.807, 2.05) is 6.92 Å². The van der Waals surface area contributed by atoms with Crippen LogP contribution in [0.5, 0.6) is 0 Å². The van der Waals surface area contributed by atoms with Gasteiger partial charge in [0.1, 0.15) is 12.3 Å². The summed E-state index contributed by atoms with van der Waals surface area (Å²) in [5.74, 6) is 0.0222. The van der Waals surface area contributed by atoms with Crippen molar-refractivity contribution < 1.29 is 14.5 Å². The van der Waals surface area contributed by atoms with Crippen LogP contribution >= 0.6 is 23.2 Å². The minimum absolute atomic E-state index is 0.0222. The van der Waals surface area contributed by atoms with Crippen LogP contribution in [0.25, 0.3) is 11.0 Å². The summed E-state index contributed by atoms with van der Waals surface area (Å²) in [5.41, 5.74) is 1.58. The largest absolute Gasteiger partial charge is 0.396 e. The first-order valence-corrected chi connectivity index (χ1v) is 11.6. The summed E-state index contributed by atoms with van der Waals surface area (Å²) in [7, 11) is 1.70. The van der Waals surface area contributed by atoms with Crippen molar-refractivity contribution in [3.05, 3.63) is 38.1 Å². The molecule has 0 bridgehead atoms. The molecule has 0 saturated heterocycles. The van der Waals surface area contributed by atoms with Crippen molar-refractivity contribution in [2.24, 2.45) is 0 Å². The normalized spacial score (nSPS) is 18.7. The van der Waals surface area contributed by atoms with E-state index in [-0.39, 0.29) is 34.5 Å². The lowest BCUT2D eigenvalue weighted by atomic mass is 9.84. The Morgan fingerprint density at radius 2 is 2.00 bits per heavy atom. The highest BCUT2D eigenvalue weighted by molar-refractivity contribution is 6.34. The number of ether oxygens (including phenoxy) is 1. The Bertz CT molecular complexity index is 1140. The zero-order chi connectivity index (χ0) is 23.5. The number of aromatic nitrogens is 6. The van der Waals surface area contributed by atoms with Crippen LogP contribution < -0.4 is 4.84 Å². The molecule has 0 N–H and O–H groups in total. The topological polar surface area (TPSA) is 123 Å². The summed E-state index contributed by atoms with van der Waals surface area (Å²) in [5, 5.41) is 21.7. The highest BCUT2D eigenvalue weighted by atomic mass is 35.5. The van der Waals surface area contributed by atoms with Gasteiger partial charge in [-0.2, -0.15) is 10.1 Å². The van der Waals surface area contributed by atoms with Gasteiger partial charge < -0.3 is 9.57 Å². The molecule has 1 saturated carbocycles. The van der Waals surface area contributed by atoms with Crippen LogP contribution in [0.4, 0.5) is 5.69 Å². The van der Waals surface area contributed by atoms with E-state index in [1.54, 1.807) is 11.8 Å². The summed E-state index contributed by atoms with van der Waals surface area (Å²) < 4.78 is 7.06. The van der Waals surface area contributed by atoms with Gasteiger partial charge >= 0.3 is 5.69 Å². The number of hydrogen-bond donors (Lipinski definition) is 0. The second-order valence-corrected chi connectivity index (χ2v) is 8.65. The average molecular weight is 498 g/mol. The van der Waals surface area contributed by atoms with Crippen LogP contribution in [0.15, 0.2) is 6.20 Å². The van der Waals surface area contributed by atoms with E-state index in [9.17, 15) is 10.1 Å². The van der Waals surface area contributed by atoms with Gasteiger partial charge in [-0.05, 0) is 43.7 Å². The van der Waals surface area contributed by atoms with Gasteiger partial charge in [0, 0.05) is 32.2 Å². The zero-order valence-electron chi connectivity index (χ0n) is 18.4. The molecule has 11 nitrogen and oxygen atoms in total. The van der Waals surface area contributed by atoms with Gasteiger partial charge in [-0.25, -0.2) is 9.67 Å². The first kappa shape index (κ1) is 23.7. The maximum atomic E-state index is 11.9. The van der Waals surface area contributed by atoms with Gasteiger partial charge in [-0.15, -0.1) is 5.10 Å². The minimum Gasteiger partial charge on any atom is -0.396 e. The third-order valence-corrected chi connectivity index (χ3v) is 6.46. The third kappa shape index (κ3) is 4.90. The summed E-state index contributed by atoms with van der Waals surface area (Å²) in [6, 6.07) is 0. The maximum absolute atomic E-state index is 11.9. The number of aryl methyl sites for hydroxylation is 1. The molecule has 0 amide bonds. The molecule has 0 unspecified atom stereocenters. The first-order valence-electron chi connectivity index (χ1n) is 10.9. The number of rotatable bonds is 9. The van der Waals surface area contributed by atoms with Crippen molar-refractivity contribution in [2.45, 2.75) is 64.0 Å².